The molecule has 1 heterocycles. The molecule has 4 N–H and O–H groups in total. The Kier molecular flexibility index (Phi) is 6.50. The Morgan fingerprint density at radius 1 is 0.889 bits per heavy atom. The van der Waals surface area contributed by atoms with E-state index in [2.05, 4.69) is 4.90 Å². The van der Waals surface area contributed by atoms with Gasteiger partial charge in [-0.15, -0.1) is 0 Å². The lowest BCUT2D eigenvalue weighted by Gasteiger charge is -2.43. The SMILES string of the molecule is CN1C(CC(O)c2ccccc2)CC(O)CC1CC(O)c1cccc(O)c1. The number of phenolic OH excluding ortho intramolecular Hbond substituents is 1. The van der Waals surface area contributed by atoms with Crippen LogP contribution in [0.1, 0.15) is 49.0 Å². The summed E-state index contributed by atoms with van der Waals surface area (Å²) in [5, 5.41) is 41.1. The van der Waals surface area contributed by atoms with Gasteiger partial charge in [0.25, 0.3) is 0 Å². The number of aliphatic hydroxyl groups excluding tert-OH is 3. The fourth-order valence-electron chi connectivity index (χ4n) is 4.07. The Morgan fingerprint density at radius 2 is 1.44 bits per heavy atom. The smallest absolute Gasteiger partial charge is 0.115 e. The van der Waals surface area contributed by atoms with E-state index in [-0.39, 0.29) is 17.8 Å². The van der Waals surface area contributed by atoms with Crippen LogP contribution in [0.25, 0.3) is 0 Å². The predicted molar refractivity (Wildman–Crippen MR) is 104 cm³/mol. The summed E-state index contributed by atoms with van der Waals surface area (Å²) in [4.78, 5) is 2.17. The van der Waals surface area contributed by atoms with Crippen molar-refractivity contribution in [3.05, 3.63) is 65.7 Å². The molecule has 0 saturated carbocycles. The van der Waals surface area contributed by atoms with Crippen molar-refractivity contribution < 1.29 is 20.4 Å². The highest BCUT2D eigenvalue weighted by atomic mass is 16.3. The maximum atomic E-state index is 10.6. The molecule has 2 aromatic carbocycles. The van der Waals surface area contributed by atoms with Crippen LogP contribution in [0.2, 0.25) is 0 Å². The second-order valence-electron chi connectivity index (χ2n) is 7.61. The minimum atomic E-state index is -0.713. The van der Waals surface area contributed by atoms with Crippen molar-refractivity contribution in [3.63, 3.8) is 0 Å². The number of aliphatic hydroxyl groups is 3. The molecule has 5 nitrogen and oxygen atoms in total. The molecule has 0 bridgehead atoms. The minimum Gasteiger partial charge on any atom is -0.508 e. The van der Waals surface area contributed by atoms with Gasteiger partial charge >= 0.3 is 0 Å². The van der Waals surface area contributed by atoms with E-state index in [1.807, 2.05) is 37.4 Å². The van der Waals surface area contributed by atoms with Gasteiger partial charge in [0, 0.05) is 12.1 Å². The van der Waals surface area contributed by atoms with Crippen molar-refractivity contribution in [2.45, 2.75) is 56.1 Å². The van der Waals surface area contributed by atoms with E-state index in [0.717, 1.165) is 5.56 Å². The molecule has 1 aliphatic rings. The van der Waals surface area contributed by atoms with Crippen LogP contribution >= 0.6 is 0 Å². The van der Waals surface area contributed by atoms with E-state index >= 15 is 0 Å². The van der Waals surface area contributed by atoms with Gasteiger partial charge in [0.05, 0.1) is 18.3 Å². The average Bonchev–Trinajstić information content (AvgIpc) is 2.66. The highest BCUT2D eigenvalue weighted by Crippen LogP contribution is 2.33. The lowest BCUT2D eigenvalue weighted by Crippen LogP contribution is -2.49. The van der Waals surface area contributed by atoms with Gasteiger partial charge in [-0.25, -0.2) is 0 Å². The van der Waals surface area contributed by atoms with E-state index in [0.29, 0.717) is 31.2 Å². The molecule has 5 atom stereocenters. The van der Waals surface area contributed by atoms with E-state index in [4.69, 9.17) is 0 Å². The zero-order valence-corrected chi connectivity index (χ0v) is 15.6. The van der Waals surface area contributed by atoms with Crippen LogP contribution in [0.5, 0.6) is 5.75 Å². The van der Waals surface area contributed by atoms with Crippen LogP contribution in [-0.2, 0) is 0 Å². The number of aromatic hydroxyl groups is 1. The zero-order valence-electron chi connectivity index (χ0n) is 15.6. The van der Waals surface area contributed by atoms with Gasteiger partial charge < -0.3 is 25.3 Å². The second kappa shape index (κ2) is 8.85. The van der Waals surface area contributed by atoms with Crippen LogP contribution < -0.4 is 0 Å². The van der Waals surface area contributed by atoms with Crippen LogP contribution in [0, 0.1) is 0 Å². The number of benzene rings is 2. The highest BCUT2D eigenvalue weighted by Gasteiger charge is 2.34. The standard InChI is InChI=1S/C22H29NO4/c1-23-17(13-21(26)15-6-3-2-4-7-15)11-20(25)12-18(23)14-22(27)16-8-5-9-19(24)10-16/h2-10,17-18,20-22,24-27H,11-14H2,1H3. The third-order valence-electron chi connectivity index (χ3n) is 5.67. The van der Waals surface area contributed by atoms with E-state index in [9.17, 15) is 20.4 Å². The lowest BCUT2D eigenvalue weighted by atomic mass is 9.86. The lowest BCUT2D eigenvalue weighted by molar-refractivity contribution is -0.0199. The number of rotatable bonds is 6. The third kappa shape index (κ3) is 5.08. The molecular weight excluding hydrogens is 342 g/mol. The van der Waals surface area contributed by atoms with Crippen molar-refractivity contribution >= 4 is 0 Å². The van der Waals surface area contributed by atoms with Crippen molar-refractivity contribution in [3.8, 4) is 5.75 Å². The summed E-state index contributed by atoms with van der Waals surface area (Å²) in [5.41, 5.74) is 1.55. The Hall–Kier alpha value is -1.92. The molecule has 1 aliphatic heterocycles. The molecular formula is C22H29NO4. The molecule has 146 valence electrons. The summed E-state index contributed by atoms with van der Waals surface area (Å²) in [5.74, 6) is 0.132. The molecule has 5 heteroatoms. The van der Waals surface area contributed by atoms with Crippen molar-refractivity contribution in [1.82, 2.24) is 4.90 Å². The van der Waals surface area contributed by atoms with Gasteiger partial charge in [-0.3, -0.25) is 0 Å². The van der Waals surface area contributed by atoms with E-state index in [1.165, 1.54) is 0 Å². The normalized spacial score (nSPS) is 25.9. The Morgan fingerprint density at radius 3 is 2.04 bits per heavy atom. The Bertz CT molecular complexity index is 723. The molecule has 3 rings (SSSR count). The van der Waals surface area contributed by atoms with Crippen LogP contribution in [0.4, 0.5) is 0 Å². The number of phenols is 1. The maximum Gasteiger partial charge on any atom is 0.115 e. The van der Waals surface area contributed by atoms with Gasteiger partial charge in [-0.05, 0) is 56.0 Å². The highest BCUT2D eigenvalue weighted by molar-refractivity contribution is 5.28. The molecule has 0 spiro atoms. The molecule has 0 aliphatic carbocycles. The number of piperidine rings is 1. The van der Waals surface area contributed by atoms with Crippen LogP contribution in [0.15, 0.2) is 54.6 Å². The quantitative estimate of drug-likeness (QED) is 0.628. The van der Waals surface area contributed by atoms with E-state index < -0.39 is 18.3 Å². The molecule has 0 amide bonds. The average molecular weight is 371 g/mol. The summed E-state index contributed by atoms with van der Waals surface area (Å²) in [7, 11) is 1.99. The van der Waals surface area contributed by atoms with Crippen molar-refractivity contribution in [2.75, 3.05) is 7.05 Å². The Balaban J connectivity index is 1.66. The van der Waals surface area contributed by atoms with Crippen LogP contribution in [0.3, 0.4) is 0 Å². The first-order valence-corrected chi connectivity index (χ1v) is 9.54. The molecule has 1 saturated heterocycles. The van der Waals surface area contributed by atoms with Crippen molar-refractivity contribution in [2.24, 2.45) is 0 Å². The molecule has 0 aromatic heterocycles. The number of nitrogens with zero attached hydrogens (tertiary/aromatic N) is 1. The summed E-state index contributed by atoms with van der Waals surface area (Å²) in [6.45, 7) is 0. The summed E-state index contributed by atoms with van der Waals surface area (Å²) in [6, 6.07) is 16.2. The first kappa shape index (κ1) is 19.8. The molecule has 2 aromatic rings. The molecule has 27 heavy (non-hydrogen) atoms. The molecule has 1 fully saturated rings. The molecule has 0 radical (unpaired) electrons. The maximum absolute atomic E-state index is 10.6. The third-order valence-corrected chi connectivity index (χ3v) is 5.67. The fraction of sp³-hybridized carbons (Fsp3) is 0.455. The van der Waals surface area contributed by atoms with Crippen molar-refractivity contribution in [1.29, 1.82) is 0 Å². The number of hydrogen-bond donors (Lipinski definition) is 4. The number of likely N-dealkylation sites (tertiary alicyclic amines) is 1. The second-order valence-corrected chi connectivity index (χ2v) is 7.61. The van der Waals surface area contributed by atoms with Gasteiger partial charge in [0.2, 0.25) is 0 Å². The summed E-state index contributed by atoms with van der Waals surface area (Å²) < 4.78 is 0. The summed E-state index contributed by atoms with van der Waals surface area (Å²) in [6.07, 6.45) is 0.458. The predicted octanol–water partition coefficient (Wildman–Crippen LogP) is 2.76. The largest absolute Gasteiger partial charge is 0.508 e. The van der Waals surface area contributed by atoms with Gasteiger partial charge in [0.15, 0.2) is 0 Å². The monoisotopic (exact) mass is 371 g/mol. The van der Waals surface area contributed by atoms with Crippen LogP contribution in [-0.4, -0.2) is 50.6 Å². The topological polar surface area (TPSA) is 84.2 Å². The first-order chi connectivity index (χ1) is 12.9. The number of hydrogen-bond acceptors (Lipinski definition) is 5. The van der Waals surface area contributed by atoms with Gasteiger partial charge in [-0.2, -0.15) is 0 Å². The fourth-order valence-corrected chi connectivity index (χ4v) is 4.07. The van der Waals surface area contributed by atoms with Gasteiger partial charge in [-0.1, -0.05) is 42.5 Å². The van der Waals surface area contributed by atoms with Gasteiger partial charge in [0.1, 0.15) is 5.75 Å². The van der Waals surface area contributed by atoms with E-state index in [1.54, 1.807) is 24.3 Å². The Labute approximate surface area is 160 Å². The first-order valence-electron chi connectivity index (χ1n) is 9.54. The summed E-state index contributed by atoms with van der Waals surface area (Å²) >= 11 is 0. The zero-order chi connectivity index (χ0) is 19.4. The minimum absolute atomic E-state index is 0.000859. The molecule has 5 unspecified atom stereocenters.